The number of benzene rings is 1. The molecular weight excluding hydrogens is 215 g/mol. The molecule has 0 spiro atoms. The van der Waals surface area contributed by atoms with Crippen molar-refractivity contribution >= 4 is 18.0 Å². The molecule has 1 aromatic rings. The molecule has 82 valence electrons. The van der Waals surface area contributed by atoms with Gasteiger partial charge in [0.2, 0.25) is 0 Å². The maximum absolute atomic E-state index is 13.3. The summed E-state index contributed by atoms with van der Waals surface area (Å²) in [5, 5.41) is 8.83. The van der Waals surface area contributed by atoms with Gasteiger partial charge in [-0.1, -0.05) is 19.1 Å². The van der Waals surface area contributed by atoms with Crippen LogP contribution in [0, 0.1) is 11.7 Å². The minimum atomic E-state index is -0.380. The Labute approximate surface area is 92.5 Å². The van der Waals surface area contributed by atoms with Crippen molar-refractivity contribution in [2.45, 2.75) is 11.8 Å². The summed E-state index contributed by atoms with van der Waals surface area (Å²) >= 11 is 1.26. The van der Waals surface area contributed by atoms with Gasteiger partial charge in [0.1, 0.15) is 5.82 Å². The van der Waals surface area contributed by atoms with E-state index in [4.69, 9.17) is 5.11 Å². The van der Waals surface area contributed by atoms with Crippen LogP contribution in [0.4, 0.5) is 4.39 Å². The van der Waals surface area contributed by atoms with Gasteiger partial charge in [0.25, 0.3) is 0 Å². The fourth-order valence-corrected chi connectivity index (χ4v) is 2.09. The number of aliphatic hydroxyl groups is 1. The van der Waals surface area contributed by atoms with Crippen LogP contribution in [-0.4, -0.2) is 23.8 Å². The van der Waals surface area contributed by atoms with Gasteiger partial charge < -0.3 is 5.11 Å². The molecule has 0 saturated carbocycles. The minimum Gasteiger partial charge on any atom is -0.396 e. The first kappa shape index (κ1) is 12.2. The van der Waals surface area contributed by atoms with Crippen molar-refractivity contribution in [3.8, 4) is 0 Å². The molecule has 4 heteroatoms. The first-order chi connectivity index (χ1) is 7.19. The normalized spacial score (nSPS) is 12.5. The first-order valence-electron chi connectivity index (χ1n) is 4.66. The molecule has 0 aliphatic rings. The summed E-state index contributed by atoms with van der Waals surface area (Å²) in [6.45, 7) is 1.94. The number of carbonyl (C=O) groups excluding carboxylic acids is 1. The Kier molecular flexibility index (Phi) is 4.78. The van der Waals surface area contributed by atoms with E-state index in [0.29, 0.717) is 22.5 Å². The van der Waals surface area contributed by atoms with Crippen molar-refractivity contribution < 1.29 is 14.3 Å². The molecule has 1 unspecified atom stereocenters. The molecule has 2 nitrogen and oxygen atoms in total. The third-order valence-electron chi connectivity index (χ3n) is 1.95. The predicted molar refractivity (Wildman–Crippen MR) is 58.8 cm³/mol. The second-order valence-corrected chi connectivity index (χ2v) is 4.41. The van der Waals surface area contributed by atoms with Crippen LogP contribution in [-0.2, 0) is 0 Å². The SMILES string of the molecule is CC(CO)CSc1c(F)cccc1C=O. The van der Waals surface area contributed by atoms with Crippen LogP contribution in [0.1, 0.15) is 17.3 Å². The number of aldehydes is 1. The molecule has 0 aromatic heterocycles. The monoisotopic (exact) mass is 228 g/mol. The van der Waals surface area contributed by atoms with Gasteiger partial charge in [-0.15, -0.1) is 11.8 Å². The molecule has 1 N–H and O–H groups in total. The number of hydrogen-bond donors (Lipinski definition) is 1. The van der Waals surface area contributed by atoms with Gasteiger partial charge in [-0.2, -0.15) is 0 Å². The van der Waals surface area contributed by atoms with Crippen LogP contribution >= 0.6 is 11.8 Å². The molecule has 1 aromatic carbocycles. The number of carbonyl (C=O) groups is 1. The van der Waals surface area contributed by atoms with E-state index in [1.165, 1.54) is 23.9 Å². The second kappa shape index (κ2) is 5.88. The lowest BCUT2D eigenvalue weighted by Crippen LogP contribution is -2.04. The fraction of sp³-hybridized carbons (Fsp3) is 0.364. The molecule has 0 heterocycles. The Bertz CT molecular complexity index is 341. The maximum Gasteiger partial charge on any atom is 0.151 e. The molecule has 0 amide bonds. The molecule has 0 saturated heterocycles. The van der Waals surface area contributed by atoms with Crippen molar-refractivity contribution in [3.63, 3.8) is 0 Å². The van der Waals surface area contributed by atoms with Crippen LogP contribution in [0.15, 0.2) is 23.1 Å². The molecule has 0 aliphatic carbocycles. The van der Waals surface area contributed by atoms with E-state index >= 15 is 0 Å². The predicted octanol–water partition coefficient (Wildman–Crippen LogP) is 2.36. The van der Waals surface area contributed by atoms with Crippen molar-refractivity contribution in [1.29, 1.82) is 0 Å². The zero-order valence-electron chi connectivity index (χ0n) is 8.44. The average molecular weight is 228 g/mol. The van der Waals surface area contributed by atoms with Gasteiger partial charge in [-0.05, 0) is 12.0 Å². The quantitative estimate of drug-likeness (QED) is 0.621. The molecule has 1 rings (SSSR count). The standard InChI is InChI=1S/C11H13FO2S/c1-8(5-13)7-15-11-9(6-14)3-2-4-10(11)12/h2-4,6,8,13H,5,7H2,1H3. The summed E-state index contributed by atoms with van der Waals surface area (Å²) in [6, 6.07) is 4.43. The Morgan fingerprint density at radius 2 is 2.33 bits per heavy atom. The highest BCUT2D eigenvalue weighted by molar-refractivity contribution is 7.99. The summed E-state index contributed by atoms with van der Waals surface area (Å²) in [5.74, 6) is 0.307. The topological polar surface area (TPSA) is 37.3 Å². The van der Waals surface area contributed by atoms with Gasteiger partial charge in [-0.3, -0.25) is 4.79 Å². The third-order valence-corrected chi connectivity index (χ3v) is 3.40. The average Bonchev–Trinajstić information content (AvgIpc) is 2.26. The van der Waals surface area contributed by atoms with Crippen LogP contribution < -0.4 is 0 Å². The Morgan fingerprint density at radius 3 is 2.93 bits per heavy atom. The summed E-state index contributed by atoms with van der Waals surface area (Å²) in [7, 11) is 0. The van der Waals surface area contributed by atoms with E-state index in [2.05, 4.69) is 0 Å². The largest absolute Gasteiger partial charge is 0.396 e. The molecule has 0 fully saturated rings. The van der Waals surface area contributed by atoms with Crippen molar-refractivity contribution in [3.05, 3.63) is 29.6 Å². The number of thioether (sulfide) groups is 1. The number of rotatable bonds is 5. The highest BCUT2D eigenvalue weighted by atomic mass is 32.2. The van der Waals surface area contributed by atoms with Crippen LogP contribution in [0.3, 0.4) is 0 Å². The second-order valence-electron chi connectivity index (χ2n) is 3.37. The number of aliphatic hydroxyl groups excluding tert-OH is 1. The third kappa shape index (κ3) is 3.32. The zero-order chi connectivity index (χ0) is 11.3. The van der Waals surface area contributed by atoms with Crippen LogP contribution in [0.25, 0.3) is 0 Å². The lowest BCUT2D eigenvalue weighted by atomic mass is 10.2. The van der Waals surface area contributed by atoms with E-state index in [1.54, 1.807) is 6.07 Å². The van der Waals surface area contributed by atoms with E-state index in [9.17, 15) is 9.18 Å². The number of halogens is 1. The summed E-state index contributed by atoms with van der Waals surface area (Å²) < 4.78 is 13.3. The van der Waals surface area contributed by atoms with Crippen molar-refractivity contribution in [1.82, 2.24) is 0 Å². The lowest BCUT2D eigenvalue weighted by Gasteiger charge is -2.09. The summed E-state index contributed by atoms with van der Waals surface area (Å²) in [5.41, 5.74) is 0.366. The molecular formula is C11H13FO2S. The van der Waals surface area contributed by atoms with Gasteiger partial charge >= 0.3 is 0 Å². The van der Waals surface area contributed by atoms with Gasteiger partial charge in [0.05, 0.1) is 4.90 Å². The maximum atomic E-state index is 13.3. The Balaban J connectivity index is 2.78. The van der Waals surface area contributed by atoms with E-state index in [-0.39, 0.29) is 18.3 Å². The van der Waals surface area contributed by atoms with Gasteiger partial charge in [-0.25, -0.2) is 4.39 Å². The van der Waals surface area contributed by atoms with E-state index in [0.717, 1.165) is 0 Å². The summed E-state index contributed by atoms with van der Waals surface area (Å²) in [4.78, 5) is 11.0. The van der Waals surface area contributed by atoms with E-state index in [1.807, 2.05) is 6.92 Å². The van der Waals surface area contributed by atoms with Crippen molar-refractivity contribution in [2.75, 3.05) is 12.4 Å². The van der Waals surface area contributed by atoms with Crippen LogP contribution in [0.5, 0.6) is 0 Å². The number of hydrogen-bond acceptors (Lipinski definition) is 3. The summed E-state index contributed by atoms with van der Waals surface area (Å²) in [6.07, 6.45) is 0.648. The Morgan fingerprint density at radius 1 is 1.60 bits per heavy atom. The van der Waals surface area contributed by atoms with Crippen LogP contribution in [0.2, 0.25) is 0 Å². The molecule has 0 aliphatic heterocycles. The molecule has 15 heavy (non-hydrogen) atoms. The molecule has 1 atom stereocenters. The highest BCUT2D eigenvalue weighted by Gasteiger charge is 2.10. The molecule has 0 radical (unpaired) electrons. The fourth-order valence-electron chi connectivity index (χ4n) is 1.05. The highest BCUT2D eigenvalue weighted by Crippen LogP contribution is 2.26. The van der Waals surface area contributed by atoms with E-state index < -0.39 is 0 Å². The van der Waals surface area contributed by atoms with Gasteiger partial charge in [0, 0.05) is 17.9 Å². The Hall–Kier alpha value is -0.870. The smallest absolute Gasteiger partial charge is 0.151 e. The zero-order valence-corrected chi connectivity index (χ0v) is 9.26. The lowest BCUT2D eigenvalue weighted by molar-refractivity contribution is 0.112. The minimum absolute atomic E-state index is 0.0673. The van der Waals surface area contributed by atoms with Crippen molar-refractivity contribution in [2.24, 2.45) is 5.92 Å². The first-order valence-corrected chi connectivity index (χ1v) is 5.65. The van der Waals surface area contributed by atoms with Gasteiger partial charge in [0.15, 0.2) is 6.29 Å². The molecule has 0 bridgehead atoms.